The van der Waals surface area contributed by atoms with E-state index in [1.807, 2.05) is 12.1 Å². The van der Waals surface area contributed by atoms with Crippen molar-refractivity contribution in [1.29, 1.82) is 0 Å². The first-order chi connectivity index (χ1) is 13.6. The first-order valence-corrected chi connectivity index (χ1v) is 10.2. The van der Waals surface area contributed by atoms with Crippen LogP contribution in [0.25, 0.3) is 0 Å². The molecule has 3 aromatic rings. The molecule has 0 saturated carbocycles. The van der Waals surface area contributed by atoms with Crippen molar-refractivity contribution in [3.63, 3.8) is 0 Å². The number of nitrogens with zero attached hydrogens (tertiary/aromatic N) is 1. The number of hydrogen-bond acceptors (Lipinski definition) is 6. The number of hydrogen-bond donors (Lipinski definition) is 1. The molecule has 28 heavy (non-hydrogen) atoms. The summed E-state index contributed by atoms with van der Waals surface area (Å²) in [5.41, 5.74) is 1.60. The summed E-state index contributed by atoms with van der Waals surface area (Å²) >= 11 is 4.89. The van der Waals surface area contributed by atoms with Crippen molar-refractivity contribution in [2.45, 2.75) is 6.42 Å². The van der Waals surface area contributed by atoms with E-state index >= 15 is 0 Å². The molecule has 2 aromatic carbocycles. The van der Waals surface area contributed by atoms with Crippen LogP contribution in [0.5, 0.6) is 17.2 Å². The third-order valence-corrected chi connectivity index (χ3v) is 5.60. The van der Waals surface area contributed by atoms with E-state index in [1.165, 1.54) is 24.0 Å². The molecule has 1 aliphatic heterocycles. The largest absolute Gasteiger partial charge is 0.493 e. The predicted octanol–water partition coefficient (Wildman–Crippen LogP) is 4.53. The summed E-state index contributed by atoms with van der Waals surface area (Å²) in [4.78, 5) is 18.1. The zero-order chi connectivity index (χ0) is 19.5. The number of ether oxygens (including phenoxy) is 3. The van der Waals surface area contributed by atoms with E-state index in [2.05, 4.69) is 38.4 Å². The Hall–Kier alpha value is -2.58. The highest BCUT2D eigenvalue weighted by Crippen LogP contribution is 2.40. The smallest absolute Gasteiger partial charge is 0.257 e. The molecule has 1 aromatic heterocycles. The molecule has 0 atom stereocenters. The quantitative estimate of drug-likeness (QED) is 0.605. The number of halogens is 1. The SMILES string of the molecule is COc1cc(C(=O)Nc2ncc(Cc3ccc(Br)cc3)s2)cc2c1OCCO2. The van der Waals surface area contributed by atoms with Crippen LogP contribution in [-0.2, 0) is 6.42 Å². The van der Waals surface area contributed by atoms with Gasteiger partial charge in [0.2, 0.25) is 5.75 Å². The number of fused-ring (bicyclic) bond motifs is 1. The van der Waals surface area contributed by atoms with E-state index < -0.39 is 0 Å². The standard InChI is InChI=1S/C20H17BrN2O4S/c1-25-16-9-13(10-17-18(16)27-7-6-26-17)19(24)23-20-22-11-15(28-20)8-12-2-4-14(21)5-3-12/h2-5,9-11H,6-8H2,1H3,(H,22,23,24). The van der Waals surface area contributed by atoms with Crippen LogP contribution in [0.2, 0.25) is 0 Å². The van der Waals surface area contributed by atoms with Gasteiger partial charge in [0, 0.05) is 27.5 Å². The van der Waals surface area contributed by atoms with Gasteiger partial charge in [0.1, 0.15) is 13.2 Å². The molecule has 1 aliphatic rings. The second-order valence-electron chi connectivity index (χ2n) is 6.09. The molecule has 1 amide bonds. The molecule has 0 aliphatic carbocycles. The summed E-state index contributed by atoms with van der Waals surface area (Å²) in [5, 5.41) is 3.39. The Morgan fingerprint density at radius 2 is 2.04 bits per heavy atom. The molecule has 2 heterocycles. The fraction of sp³-hybridized carbons (Fsp3) is 0.200. The Bertz CT molecular complexity index is 987. The Balaban J connectivity index is 1.48. The zero-order valence-electron chi connectivity index (χ0n) is 15.0. The summed E-state index contributed by atoms with van der Waals surface area (Å²) < 4.78 is 17.5. The summed E-state index contributed by atoms with van der Waals surface area (Å²) in [6.07, 6.45) is 2.55. The van der Waals surface area contributed by atoms with Crippen molar-refractivity contribution in [2.75, 3.05) is 25.6 Å². The van der Waals surface area contributed by atoms with Gasteiger partial charge in [-0.05, 0) is 29.8 Å². The third kappa shape index (κ3) is 4.13. The van der Waals surface area contributed by atoms with Crippen molar-refractivity contribution < 1.29 is 19.0 Å². The van der Waals surface area contributed by atoms with E-state index in [-0.39, 0.29) is 5.91 Å². The number of anilines is 1. The minimum Gasteiger partial charge on any atom is -0.493 e. The number of methoxy groups -OCH3 is 1. The molecular formula is C20H17BrN2O4S. The number of nitrogens with one attached hydrogen (secondary N) is 1. The van der Waals surface area contributed by atoms with Crippen LogP contribution < -0.4 is 19.5 Å². The van der Waals surface area contributed by atoms with E-state index in [9.17, 15) is 4.79 Å². The van der Waals surface area contributed by atoms with Gasteiger partial charge in [-0.3, -0.25) is 10.1 Å². The molecule has 0 saturated heterocycles. The van der Waals surface area contributed by atoms with E-state index in [0.717, 1.165) is 15.8 Å². The lowest BCUT2D eigenvalue weighted by molar-refractivity contribution is 0.102. The highest BCUT2D eigenvalue weighted by Gasteiger charge is 2.21. The molecule has 0 fully saturated rings. The monoisotopic (exact) mass is 460 g/mol. The van der Waals surface area contributed by atoms with Crippen LogP contribution in [0.15, 0.2) is 47.1 Å². The van der Waals surface area contributed by atoms with Crippen LogP contribution in [-0.4, -0.2) is 31.2 Å². The maximum absolute atomic E-state index is 12.7. The van der Waals surface area contributed by atoms with Crippen LogP contribution in [0.1, 0.15) is 20.8 Å². The van der Waals surface area contributed by atoms with E-state index in [0.29, 0.717) is 41.2 Å². The zero-order valence-corrected chi connectivity index (χ0v) is 17.4. The van der Waals surface area contributed by atoms with Crippen LogP contribution in [0.4, 0.5) is 5.13 Å². The van der Waals surface area contributed by atoms with Crippen molar-refractivity contribution >= 4 is 38.3 Å². The molecule has 6 nitrogen and oxygen atoms in total. The van der Waals surface area contributed by atoms with E-state index in [4.69, 9.17) is 14.2 Å². The molecule has 0 bridgehead atoms. The normalized spacial score (nSPS) is 12.5. The van der Waals surface area contributed by atoms with Gasteiger partial charge < -0.3 is 14.2 Å². The van der Waals surface area contributed by atoms with Gasteiger partial charge in [-0.15, -0.1) is 11.3 Å². The molecular weight excluding hydrogens is 444 g/mol. The number of benzene rings is 2. The molecule has 0 radical (unpaired) electrons. The fourth-order valence-electron chi connectivity index (χ4n) is 2.82. The third-order valence-electron chi connectivity index (χ3n) is 4.16. The van der Waals surface area contributed by atoms with Crippen LogP contribution in [0.3, 0.4) is 0 Å². The Kier molecular flexibility index (Phi) is 5.50. The molecule has 0 unspecified atom stereocenters. The summed E-state index contributed by atoms with van der Waals surface area (Å²) in [7, 11) is 1.53. The van der Waals surface area contributed by atoms with E-state index in [1.54, 1.807) is 18.3 Å². The average Bonchev–Trinajstić information content (AvgIpc) is 3.15. The molecule has 1 N–H and O–H groups in total. The van der Waals surface area contributed by atoms with Crippen molar-refractivity contribution in [1.82, 2.24) is 4.98 Å². The topological polar surface area (TPSA) is 69.7 Å². The molecule has 0 spiro atoms. The summed E-state index contributed by atoms with van der Waals surface area (Å²) in [5.74, 6) is 1.22. The number of carbonyl (C=O) groups is 1. The van der Waals surface area contributed by atoms with Gasteiger partial charge in [-0.25, -0.2) is 4.98 Å². The fourth-order valence-corrected chi connectivity index (χ4v) is 3.93. The minimum absolute atomic E-state index is 0.278. The predicted molar refractivity (Wildman–Crippen MR) is 111 cm³/mol. The maximum Gasteiger partial charge on any atom is 0.257 e. The lowest BCUT2D eigenvalue weighted by atomic mass is 10.1. The summed E-state index contributed by atoms with van der Waals surface area (Å²) in [6.45, 7) is 0.891. The first kappa shape index (κ1) is 18.8. The minimum atomic E-state index is -0.278. The highest BCUT2D eigenvalue weighted by molar-refractivity contribution is 9.10. The highest BCUT2D eigenvalue weighted by atomic mass is 79.9. The van der Waals surface area contributed by atoms with Gasteiger partial charge in [0.15, 0.2) is 16.6 Å². The van der Waals surface area contributed by atoms with Crippen molar-refractivity contribution in [2.24, 2.45) is 0 Å². The van der Waals surface area contributed by atoms with Gasteiger partial charge in [0.05, 0.1) is 7.11 Å². The number of thiazole rings is 1. The second-order valence-corrected chi connectivity index (χ2v) is 8.12. The Morgan fingerprint density at radius 1 is 1.25 bits per heavy atom. The lowest BCUT2D eigenvalue weighted by Crippen LogP contribution is -2.18. The van der Waals surface area contributed by atoms with Crippen LogP contribution in [0, 0.1) is 0 Å². The number of aromatic nitrogens is 1. The molecule has 144 valence electrons. The second kappa shape index (κ2) is 8.20. The van der Waals surface area contributed by atoms with Gasteiger partial charge >= 0.3 is 0 Å². The average molecular weight is 461 g/mol. The van der Waals surface area contributed by atoms with Gasteiger partial charge in [-0.2, -0.15) is 0 Å². The Morgan fingerprint density at radius 3 is 2.82 bits per heavy atom. The van der Waals surface area contributed by atoms with Crippen LogP contribution >= 0.6 is 27.3 Å². The first-order valence-electron chi connectivity index (χ1n) is 8.60. The van der Waals surface area contributed by atoms with Crippen molar-refractivity contribution in [3.8, 4) is 17.2 Å². The Labute approximate surface area is 174 Å². The van der Waals surface area contributed by atoms with Gasteiger partial charge in [-0.1, -0.05) is 28.1 Å². The summed E-state index contributed by atoms with van der Waals surface area (Å²) in [6, 6.07) is 11.4. The molecule has 8 heteroatoms. The van der Waals surface area contributed by atoms with Gasteiger partial charge in [0.25, 0.3) is 5.91 Å². The lowest BCUT2D eigenvalue weighted by Gasteiger charge is -2.21. The van der Waals surface area contributed by atoms with Crippen molar-refractivity contribution in [3.05, 3.63) is 63.1 Å². The maximum atomic E-state index is 12.7. The number of carbonyl (C=O) groups excluding carboxylic acids is 1. The molecule has 4 rings (SSSR count). The number of amides is 1. The number of rotatable bonds is 5.